The third-order valence-corrected chi connectivity index (χ3v) is 6.37. The predicted molar refractivity (Wildman–Crippen MR) is 123 cm³/mol. The Hall–Kier alpha value is -2.83. The summed E-state index contributed by atoms with van der Waals surface area (Å²) in [4.78, 5) is 3.60. The van der Waals surface area contributed by atoms with Crippen molar-refractivity contribution in [1.82, 2.24) is 10.3 Å². The lowest BCUT2D eigenvalue weighted by Crippen LogP contribution is -2.30. The SMILES string of the molecule is COc1cc(C2NCCc3c2[nH]c2ccccc32)ccc1OCc1ccc(F)c(Br)c1. The Bertz CT molecular complexity index is 1250. The molecule has 2 N–H and O–H groups in total. The molecule has 0 saturated carbocycles. The van der Waals surface area contributed by atoms with Crippen molar-refractivity contribution >= 4 is 26.8 Å². The Labute approximate surface area is 188 Å². The summed E-state index contributed by atoms with van der Waals surface area (Å²) in [6.07, 6.45) is 1.00. The second kappa shape index (κ2) is 8.36. The number of rotatable bonds is 5. The van der Waals surface area contributed by atoms with Crippen molar-refractivity contribution in [2.24, 2.45) is 0 Å². The molecule has 1 aliphatic rings. The average molecular weight is 481 g/mol. The first-order valence-electron chi connectivity index (χ1n) is 10.2. The zero-order valence-electron chi connectivity index (χ0n) is 17.0. The lowest BCUT2D eigenvalue weighted by atomic mass is 9.94. The van der Waals surface area contributed by atoms with Crippen LogP contribution in [0.3, 0.4) is 0 Å². The van der Waals surface area contributed by atoms with Crippen LogP contribution in [0.25, 0.3) is 10.9 Å². The maximum absolute atomic E-state index is 13.5. The van der Waals surface area contributed by atoms with E-state index >= 15 is 0 Å². The van der Waals surface area contributed by atoms with E-state index in [1.54, 1.807) is 19.2 Å². The molecule has 6 heteroatoms. The van der Waals surface area contributed by atoms with Crippen LogP contribution in [0.1, 0.15) is 28.4 Å². The minimum absolute atomic E-state index is 0.0622. The van der Waals surface area contributed by atoms with Crippen LogP contribution in [0.15, 0.2) is 65.1 Å². The fourth-order valence-corrected chi connectivity index (χ4v) is 4.66. The third kappa shape index (κ3) is 3.82. The van der Waals surface area contributed by atoms with E-state index in [1.807, 2.05) is 12.1 Å². The van der Waals surface area contributed by atoms with Crippen LogP contribution in [-0.2, 0) is 13.0 Å². The number of aromatic amines is 1. The van der Waals surface area contributed by atoms with E-state index in [4.69, 9.17) is 9.47 Å². The second-order valence-corrected chi connectivity index (χ2v) is 8.50. The lowest BCUT2D eigenvalue weighted by molar-refractivity contribution is 0.284. The molecular weight excluding hydrogens is 459 g/mol. The summed E-state index contributed by atoms with van der Waals surface area (Å²) >= 11 is 3.21. The van der Waals surface area contributed by atoms with Crippen LogP contribution >= 0.6 is 15.9 Å². The van der Waals surface area contributed by atoms with E-state index in [0.29, 0.717) is 22.6 Å². The topological polar surface area (TPSA) is 46.3 Å². The van der Waals surface area contributed by atoms with Crippen molar-refractivity contribution in [2.75, 3.05) is 13.7 Å². The molecule has 0 saturated heterocycles. The van der Waals surface area contributed by atoms with Gasteiger partial charge < -0.3 is 19.8 Å². The molecule has 3 aromatic carbocycles. The molecule has 0 radical (unpaired) electrons. The van der Waals surface area contributed by atoms with Gasteiger partial charge in [0.05, 0.1) is 17.6 Å². The summed E-state index contributed by atoms with van der Waals surface area (Å²) in [5, 5.41) is 4.92. The maximum Gasteiger partial charge on any atom is 0.161 e. The molecule has 2 heterocycles. The second-order valence-electron chi connectivity index (χ2n) is 7.65. The van der Waals surface area contributed by atoms with Crippen LogP contribution in [-0.4, -0.2) is 18.6 Å². The number of hydrogen-bond donors (Lipinski definition) is 2. The van der Waals surface area contributed by atoms with Crippen LogP contribution in [0, 0.1) is 5.82 Å². The average Bonchev–Trinajstić information content (AvgIpc) is 3.18. The third-order valence-electron chi connectivity index (χ3n) is 5.76. The van der Waals surface area contributed by atoms with Crippen molar-refractivity contribution in [3.8, 4) is 11.5 Å². The molecule has 0 amide bonds. The Morgan fingerprint density at radius 2 is 1.94 bits per heavy atom. The van der Waals surface area contributed by atoms with Gasteiger partial charge in [0.25, 0.3) is 0 Å². The first-order chi connectivity index (χ1) is 15.1. The molecule has 1 aliphatic heterocycles. The highest BCUT2D eigenvalue weighted by atomic mass is 79.9. The minimum atomic E-state index is -0.290. The molecule has 1 unspecified atom stereocenters. The number of para-hydroxylation sites is 1. The van der Waals surface area contributed by atoms with Gasteiger partial charge >= 0.3 is 0 Å². The van der Waals surface area contributed by atoms with E-state index in [-0.39, 0.29) is 11.9 Å². The Kier molecular flexibility index (Phi) is 5.42. The van der Waals surface area contributed by atoms with E-state index in [1.165, 1.54) is 28.2 Å². The van der Waals surface area contributed by atoms with E-state index in [0.717, 1.165) is 24.1 Å². The van der Waals surface area contributed by atoms with Gasteiger partial charge in [0.15, 0.2) is 11.5 Å². The van der Waals surface area contributed by atoms with Gasteiger partial charge in [0.2, 0.25) is 0 Å². The molecular formula is C25H22BrFN2O2. The number of ether oxygens (including phenoxy) is 2. The van der Waals surface area contributed by atoms with Crippen molar-refractivity contribution in [3.05, 3.63) is 93.3 Å². The van der Waals surface area contributed by atoms with E-state index in [2.05, 4.69) is 56.6 Å². The number of fused-ring (bicyclic) bond motifs is 3. The highest BCUT2D eigenvalue weighted by Crippen LogP contribution is 2.37. The van der Waals surface area contributed by atoms with Crippen molar-refractivity contribution in [1.29, 1.82) is 0 Å². The number of benzene rings is 3. The first-order valence-corrected chi connectivity index (χ1v) is 11.0. The standard InChI is InChI=1S/C25H22BrFN2O2/c1-30-23-13-16(7-9-22(23)31-14-15-6-8-20(27)19(26)12-15)24-25-18(10-11-28-24)17-4-2-3-5-21(17)29-25/h2-9,12-13,24,28-29H,10-11,14H2,1H3. The van der Waals surface area contributed by atoms with E-state index in [9.17, 15) is 4.39 Å². The summed E-state index contributed by atoms with van der Waals surface area (Å²) in [5.41, 5.74) is 5.73. The zero-order valence-corrected chi connectivity index (χ0v) is 18.6. The number of nitrogens with one attached hydrogen (secondary N) is 2. The van der Waals surface area contributed by atoms with Gasteiger partial charge in [-0.1, -0.05) is 30.3 Å². The zero-order chi connectivity index (χ0) is 21.4. The Morgan fingerprint density at radius 1 is 1.06 bits per heavy atom. The van der Waals surface area contributed by atoms with Gasteiger partial charge in [-0.05, 0) is 69.4 Å². The van der Waals surface area contributed by atoms with Crippen LogP contribution < -0.4 is 14.8 Å². The quantitative estimate of drug-likeness (QED) is 0.374. The molecule has 5 rings (SSSR count). The summed E-state index contributed by atoms with van der Waals surface area (Å²) in [7, 11) is 1.64. The molecule has 31 heavy (non-hydrogen) atoms. The lowest BCUT2D eigenvalue weighted by Gasteiger charge is -2.25. The predicted octanol–water partition coefficient (Wildman–Crippen LogP) is 5.89. The summed E-state index contributed by atoms with van der Waals surface area (Å²) in [5.74, 6) is 1.03. The molecule has 4 nitrogen and oxygen atoms in total. The highest BCUT2D eigenvalue weighted by molar-refractivity contribution is 9.10. The van der Waals surface area contributed by atoms with Crippen LogP contribution in [0.4, 0.5) is 4.39 Å². The molecule has 1 aromatic heterocycles. The molecule has 4 aromatic rings. The van der Waals surface area contributed by atoms with Crippen molar-refractivity contribution in [3.63, 3.8) is 0 Å². The molecule has 1 atom stereocenters. The fourth-order valence-electron chi connectivity index (χ4n) is 4.24. The minimum Gasteiger partial charge on any atom is -0.493 e. The van der Waals surface area contributed by atoms with Gasteiger partial charge in [-0.15, -0.1) is 0 Å². The van der Waals surface area contributed by atoms with Gasteiger partial charge in [0.1, 0.15) is 12.4 Å². The van der Waals surface area contributed by atoms with Gasteiger partial charge in [-0.25, -0.2) is 4.39 Å². The van der Waals surface area contributed by atoms with Crippen molar-refractivity contribution < 1.29 is 13.9 Å². The van der Waals surface area contributed by atoms with E-state index < -0.39 is 0 Å². The molecule has 0 bridgehead atoms. The molecule has 158 valence electrons. The monoisotopic (exact) mass is 480 g/mol. The largest absolute Gasteiger partial charge is 0.493 e. The number of aromatic nitrogens is 1. The summed E-state index contributed by atoms with van der Waals surface area (Å²) in [6.45, 7) is 1.24. The summed E-state index contributed by atoms with van der Waals surface area (Å²) in [6, 6.07) is 19.4. The van der Waals surface area contributed by atoms with Crippen LogP contribution in [0.2, 0.25) is 0 Å². The normalized spacial score (nSPS) is 15.6. The number of methoxy groups -OCH3 is 1. The van der Waals surface area contributed by atoms with Crippen molar-refractivity contribution in [2.45, 2.75) is 19.1 Å². The van der Waals surface area contributed by atoms with Gasteiger partial charge in [0, 0.05) is 23.1 Å². The first kappa shape index (κ1) is 20.1. The number of halogens is 2. The Morgan fingerprint density at radius 3 is 2.77 bits per heavy atom. The molecule has 0 spiro atoms. The van der Waals surface area contributed by atoms with Gasteiger partial charge in [-0.2, -0.15) is 0 Å². The highest BCUT2D eigenvalue weighted by Gasteiger charge is 2.26. The number of hydrogen-bond acceptors (Lipinski definition) is 3. The molecule has 0 aliphatic carbocycles. The fraction of sp³-hybridized carbons (Fsp3) is 0.200. The summed E-state index contributed by atoms with van der Waals surface area (Å²) < 4.78 is 25.5. The Balaban J connectivity index is 1.42. The smallest absolute Gasteiger partial charge is 0.161 e. The number of H-pyrrole nitrogens is 1. The molecule has 0 fully saturated rings. The van der Waals surface area contributed by atoms with Gasteiger partial charge in [-0.3, -0.25) is 0 Å². The van der Waals surface area contributed by atoms with Crippen LogP contribution in [0.5, 0.6) is 11.5 Å². The maximum atomic E-state index is 13.5.